The number of likely N-dealkylation sites (tertiary alicyclic amines) is 1. The molecule has 0 aromatic heterocycles. The summed E-state index contributed by atoms with van der Waals surface area (Å²) in [6, 6.07) is 5.46. The second-order valence-corrected chi connectivity index (χ2v) is 18.6. The van der Waals surface area contributed by atoms with Crippen LogP contribution >= 0.6 is 0 Å². The van der Waals surface area contributed by atoms with Gasteiger partial charge in [-0.05, 0) is 114 Å². The molecule has 5 aliphatic rings. The van der Waals surface area contributed by atoms with Crippen LogP contribution in [0.1, 0.15) is 131 Å². The van der Waals surface area contributed by atoms with E-state index in [1.165, 1.54) is 19.4 Å². The van der Waals surface area contributed by atoms with Gasteiger partial charge >= 0.3 is 13.1 Å². The molecular weight excluding hydrogens is 765 g/mol. The quantitative estimate of drug-likeness (QED) is 0.0758. The van der Waals surface area contributed by atoms with Crippen LogP contribution in [0.2, 0.25) is 0 Å². The predicted octanol–water partition coefficient (Wildman–Crippen LogP) is 3.28. The van der Waals surface area contributed by atoms with E-state index in [0.29, 0.717) is 69.5 Å². The van der Waals surface area contributed by atoms with E-state index in [1.54, 1.807) is 4.90 Å². The average molecular weight is 838 g/mol. The molecule has 1 aromatic carbocycles. The van der Waals surface area contributed by atoms with Crippen molar-refractivity contribution in [3.05, 3.63) is 35.9 Å². The molecule has 334 valence electrons. The maximum atomic E-state index is 13.7. The zero-order chi connectivity index (χ0) is 43.8. The number of carbonyl (C=O) groups is 5. The Labute approximate surface area is 357 Å². The third kappa shape index (κ3) is 11.2. The fourth-order valence-electron chi connectivity index (χ4n) is 9.84. The number of hydrogen-bond donors (Lipinski definition) is 7. The number of nitrogens with zero attached hydrogens (tertiary/aromatic N) is 1. The minimum atomic E-state index is -1.42. The highest BCUT2D eigenvalue weighted by Crippen LogP contribution is 2.65. The van der Waals surface area contributed by atoms with Gasteiger partial charge in [0.15, 0.2) is 0 Å². The number of piperidine rings is 1. The van der Waals surface area contributed by atoms with Crippen molar-refractivity contribution < 1.29 is 38.4 Å². The van der Waals surface area contributed by atoms with Gasteiger partial charge in [-0.1, -0.05) is 70.4 Å². The Kier molecular flexibility index (Phi) is 16.5. The molecule has 15 nitrogen and oxygen atoms in total. The van der Waals surface area contributed by atoms with Gasteiger partial charge in [-0.15, -0.1) is 0 Å². The van der Waals surface area contributed by atoms with Crippen LogP contribution in [0, 0.1) is 17.3 Å². The first-order chi connectivity index (χ1) is 28.5. The summed E-state index contributed by atoms with van der Waals surface area (Å²) in [5.74, 6) is -1.60. The van der Waals surface area contributed by atoms with Gasteiger partial charge in [-0.2, -0.15) is 0 Å². The van der Waals surface area contributed by atoms with Gasteiger partial charge in [0, 0.05) is 13.1 Å². The number of benzene rings is 1. The molecule has 1 aromatic rings. The molecule has 0 unspecified atom stereocenters. The summed E-state index contributed by atoms with van der Waals surface area (Å²) in [5.41, 5.74) is 6.73. The van der Waals surface area contributed by atoms with Gasteiger partial charge < -0.3 is 51.6 Å². The number of unbranched alkanes of at least 4 members (excludes halogenated alkanes) is 3. The molecule has 2 heterocycles. The van der Waals surface area contributed by atoms with Crippen LogP contribution in [0.3, 0.4) is 0 Å². The monoisotopic (exact) mass is 838 g/mol. The molecule has 60 heavy (non-hydrogen) atoms. The summed E-state index contributed by atoms with van der Waals surface area (Å²) in [6.45, 7) is 14.9. The highest BCUT2D eigenvalue weighted by molar-refractivity contribution is 6.47. The Bertz CT molecular complexity index is 1630. The largest absolute Gasteiger partial charge is 0.481 e. The Morgan fingerprint density at radius 1 is 0.833 bits per heavy atom. The second kappa shape index (κ2) is 20.9. The first kappa shape index (κ1) is 47.3. The van der Waals surface area contributed by atoms with E-state index in [4.69, 9.17) is 15.0 Å². The SMILES string of the molecule is CCCCC[C@H](NC(=O)N1CCC(c2ccccc2)CC1)C(=O)N[C@H](C(=O)N[C@@H](C)C(=O)N[C@@H](CCCCN)C(=O)N[C@@H](C)B1O[C@@H]2C[C@@H]3C[C@@H](C3(C)C)[C@]2(C)O1)[C@@H](C)O. The lowest BCUT2D eigenvalue weighted by atomic mass is 9.43. The molecule has 2 aliphatic heterocycles. The number of nitrogens with one attached hydrogen (secondary N) is 5. The number of amides is 6. The lowest BCUT2D eigenvalue weighted by Crippen LogP contribution is -2.65. The number of carbonyl (C=O) groups excluding carboxylic acids is 5. The predicted molar refractivity (Wildman–Crippen MR) is 230 cm³/mol. The van der Waals surface area contributed by atoms with Crippen LogP contribution in [0.15, 0.2) is 30.3 Å². The first-order valence-corrected chi connectivity index (χ1v) is 22.5. The zero-order valence-corrected chi connectivity index (χ0v) is 37.0. The van der Waals surface area contributed by atoms with Crippen LogP contribution < -0.4 is 32.3 Å². The van der Waals surface area contributed by atoms with Crippen LogP contribution in [-0.2, 0) is 28.5 Å². The molecule has 0 spiro atoms. The molecule has 3 aliphatic carbocycles. The van der Waals surface area contributed by atoms with E-state index in [9.17, 15) is 29.1 Å². The maximum absolute atomic E-state index is 13.7. The number of nitrogens with two attached hydrogens (primary N) is 1. The Morgan fingerprint density at radius 2 is 1.47 bits per heavy atom. The van der Waals surface area contributed by atoms with Crippen molar-refractivity contribution in [2.75, 3.05) is 19.6 Å². The topological polar surface area (TPSA) is 213 Å². The van der Waals surface area contributed by atoms with Gasteiger partial charge in [-0.3, -0.25) is 19.2 Å². The van der Waals surface area contributed by atoms with Gasteiger partial charge in [0.05, 0.1) is 23.8 Å². The summed E-state index contributed by atoms with van der Waals surface area (Å²) in [7, 11) is -0.637. The normalized spacial score (nSPS) is 26.2. The number of rotatable bonds is 20. The average Bonchev–Trinajstić information content (AvgIpc) is 3.59. The molecule has 0 radical (unpaired) electrons. The zero-order valence-electron chi connectivity index (χ0n) is 37.0. The summed E-state index contributed by atoms with van der Waals surface area (Å²) < 4.78 is 12.9. The van der Waals surface area contributed by atoms with Crippen molar-refractivity contribution in [1.29, 1.82) is 0 Å². The van der Waals surface area contributed by atoms with Crippen molar-refractivity contribution in [2.45, 2.75) is 173 Å². The van der Waals surface area contributed by atoms with E-state index in [0.717, 1.165) is 38.5 Å². The first-order valence-electron chi connectivity index (χ1n) is 22.5. The molecule has 5 fully saturated rings. The molecule has 3 saturated carbocycles. The molecule has 16 heteroatoms. The highest BCUT2D eigenvalue weighted by atomic mass is 16.7. The summed E-state index contributed by atoms with van der Waals surface area (Å²) in [6.07, 6.45) is 6.60. The number of aliphatic hydroxyl groups is 1. The summed E-state index contributed by atoms with van der Waals surface area (Å²) in [5, 5.41) is 24.6. The lowest BCUT2D eigenvalue weighted by Gasteiger charge is -2.64. The van der Waals surface area contributed by atoms with Gasteiger partial charge in [0.1, 0.15) is 24.2 Å². The van der Waals surface area contributed by atoms with Crippen LogP contribution in [0.25, 0.3) is 0 Å². The standard InChI is InChI=1S/C44H72BN7O8/c1-8-9-11-18-34(50-42(58)52-23-20-31(21-24-52)30-16-12-10-13-17-30)40(56)51-37(28(3)53)41(57)47-27(2)38(54)49-33(19-14-15-22-46)39(55)48-29(4)45-59-36-26-32-25-35(43(32,5)6)44(36,7)60-45/h10,12-13,16-17,27-29,31-37,53H,8-9,11,14-15,18-26,46H2,1-7H3,(H,47,57)(H,48,55)(H,49,54)(H,50,58)(H,51,56)/t27-,28+,29-,32-,33-,34-,35-,36+,37-,44-/m0/s1. The van der Waals surface area contributed by atoms with Crippen LogP contribution in [-0.4, -0.2) is 114 Å². The van der Waals surface area contributed by atoms with Crippen molar-refractivity contribution >= 4 is 36.8 Å². The summed E-state index contributed by atoms with van der Waals surface area (Å²) >= 11 is 0. The fourth-order valence-corrected chi connectivity index (χ4v) is 9.84. The highest BCUT2D eigenvalue weighted by Gasteiger charge is 2.68. The van der Waals surface area contributed by atoms with Gasteiger partial charge in [0.2, 0.25) is 23.6 Å². The minimum Gasteiger partial charge on any atom is -0.404 e. The van der Waals surface area contributed by atoms with E-state index < -0.39 is 72.6 Å². The Hall–Kier alpha value is -3.73. The maximum Gasteiger partial charge on any atom is 0.481 e. The number of urea groups is 1. The molecule has 6 rings (SSSR count). The number of hydrogen-bond acceptors (Lipinski definition) is 9. The Balaban J connectivity index is 1.15. The summed E-state index contributed by atoms with van der Waals surface area (Å²) in [4.78, 5) is 69.7. The van der Waals surface area contributed by atoms with Crippen molar-refractivity contribution in [3.63, 3.8) is 0 Å². The smallest absolute Gasteiger partial charge is 0.404 e. The van der Waals surface area contributed by atoms with E-state index in [2.05, 4.69) is 59.5 Å². The molecule has 6 amide bonds. The fraction of sp³-hybridized carbons (Fsp3) is 0.750. The van der Waals surface area contributed by atoms with Gasteiger partial charge in [0.25, 0.3) is 0 Å². The molecular formula is C44H72BN7O8. The van der Waals surface area contributed by atoms with E-state index in [-0.39, 0.29) is 17.6 Å². The minimum absolute atomic E-state index is 0.0440. The number of aliphatic hydroxyl groups excluding tert-OH is 1. The van der Waals surface area contributed by atoms with Crippen molar-refractivity contribution in [2.24, 2.45) is 23.0 Å². The van der Waals surface area contributed by atoms with Gasteiger partial charge in [-0.25, -0.2) is 4.79 Å². The third-order valence-corrected chi connectivity index (χ3v) is 13.9. The molecule has 2 saturated heterocycles. The molecule has 8 N–H and O–H groups in total. The van der Waals surface area contributed by atoms with Crippen molar-refractivity contribution in [3.8, 4) is 0 Å². The van der Waals surface area contributed by atoms with Crippen LogP contribution in [0.5, 0.6) is 0 Å². The van der Waals surface area contributed by atoms with Crippen LogP contribution in [0.4, 0.5) is 4.79 Å². The van der Waals surface area contributed by atoms with E-state index in [1.807, 2.05) is 32.0 Å². The molecule has 10 atom stereocenters. The van der Waals surface area contributed by atoms with E-state index >= 15 is 0 Å². The lowest BCUT2D eigenvalue weighted by molar-refractivity contribution is -0.199. The molecule has 2 bridgehead atoms. The Morgan fingerprint density at radius 3 is 2.08 bits per heavy atom. The van der Waals surface area contributed by atoms with Crippen molar-refractivity contribution in [1.82, 2.24) is 31.5 Å². The second-order valence-electron chi connectivity index (χ2n) is 18.6. The third-order valence-electron chi connectivity index (χ3n) is 13.9.